The minimum absolute atomic E-state index is 0.202. The number of thioether (sulfide) groups is 1. The predicted molar refractivity (Wildman–Crippen MR) is 98.2 cm³/mol. The van der Waals surface area contributed by atoms with E-state index in [0.717, 1.165) is 16.7 Å². The van der Waals surface area contributed by atoms with E-state index in [-0.39, 0.29) is 4.32 Å². The molecule has 1 aromatic carbocycles. The molecule has 0 spiro atoms. The largest absolute Gasteiger partial charge is 0.479 e. The summed E-state index contributed by atoms with van der Waals surface area (Å²) in [7, 11) is 0. The summed E-state index contributed by atoms with van der Waals surface area (Å²) < 4.78 is 6.09. The van der Waals surface area contributed by atoms with Crippen LogP contribution in [0.3, 0.4) is 0 Å². The Balaban J connectivity index is 1.96. The van der Waals surface area contributed by atoms with Gasteiger partial charge >= 0.3 is 5.97 Å². The van der Waals surface area contributed by atoms with Crippen molar-refractivity contribution < 1.29 is 19.1 Å². The molecule has 1 aliphatic heterocycles. The number of hydrogen-bond donors (Lipinski definition) is 1. The van der Waals surface area contributed by atoms with Crippen molar-refractivity contribution in [2.45, 2.75) is 6.04 Å². The maximum atomic E-state index is 12.7. The first-order chi connectivity index (χ1) is 11.5. The van der Waals surface area contributed by atoms with Crippen molar-refractivity contribution in [2.24, 2.45) is 0 Å². The molecule has 1 fully saturated rings. The van der Waals surface area contributed by atoms with E-state index in [2.05, 4.69) is 15.9 Å². The van der Waals surface area contributed by atoms with Gasteiger partial charge in [0, 0.05) is 6.08 Å². The van der Waals surface area contributed by atoms with Crippen LogP contribution >= 0.6 is 39.9 Å². The van der Waals surface area contributed by atoms with Crippen LogP contribution in [-0.4, -0.2) is 26.2 Å². The number of furan rings is 1. The molecule has 1 amide bonds. The maximum absolute atomic E-state index is 12.7. The lowest BCUT2D eigenvalue weighted by atomic mass is 10.1. The molecule has 0 radical (unpaired) electrons. The number of hydrogen-bond acceptors (Lipinski definition) is 5. The second-order valence-corrected chi connectivity index (χ2v) is 7.30. The predicted octanol–water partition coefficient (Wildman–Crippen LogP) is 4.07. The fourth-order valence-electron chi connectivity index (χ4n) is 2.27. The molecule has 2 heterocycles. The van der Waals surface area contributed by atoms with Gasteiger partial charge < -0.3 is 9.52 Å². The molecule has 1 atom stereocenters. The van der Waals surface area contributed by atoms with Crippen LogP contribution in [0.25, 0.3) is 6.08 Å². The zero-order chi connectivity index (χ0) is 17.3. The van der Waals surface area contributed by atoms with Crippen molar-refractivity contribution in [2.75, 3.05) is 0 Å². The van der Waals surface area contributed by atoms with E-state index in [1.807, 2.05) is 0 Å². The average Bonchev–Trinajstić information content (AvgIpc) is 3.07. The summed E-state index contributed by atoms with van der Waals surface area (Å²) in [5, 5.41) is 9.60. The Morgan fingerprint density at radius 2 is 2.00 bits per heavy atom. The van der Waals surface area contributed by atoms with Crippen LogP contribution in [0.15, 0.2) is 56.5 Å². The molecule has 1 aliphatic rings. The number of carboxylic acids is 1. The fourth-order valence-corrected chi connectivity index (χ4v) is 3.89. The minimum Gasteiger partial charge on any atom is -0.479 e. The van der Waals surface area contributed by atoms with Crippen molar-refractivity contribution in [3.05, 3.63) is 63.4 Å². The normalized spacial score (nSPS) is 17.5. The molecule has 3 rings (SSSR count). The summed E-state index contributed by atoms with van der Waals surface area (Å²) in [4.78, 5) is 25.9. The average molecular weight is 424 g/mol. The number of thiocarbonyl (C=S) groups is 1. The van der Waals surface area contributed by atoms with Gasteiger partial charge in [0.2, 0.25) is 0 Å². The number of carbonyl (C=O) groups is 2. The summed E-state index contributed by atoms with van der Waals surface area (Å²) in [6.45, 7) is 0. The van der Waals surface area contributed by atoms with E-state index in [0.29, 0.717) is 20.9 Å². The van der Waals surface area contributed by atoms with Crippen molar-refractivity contribution in [1.82, 2.24) is 4.90 Å². The smallest absolute Gasteiger partial charge is 0.331 e. The van der Waals surface area contributed by atoms with Gasteiger partial charge in [-0.3, -0.25) is 9.69 Å². The highest BCUT2D eigenvalue weighted by atomic mass is 79.9. The molecule has 2 aromatic rings. The first kappa shape index (κ1) is 16.9. The van der Waals surface area contributed by atoms with Crippen LogP contribution in [0.2, 0.25) is 0 Å². The van der Waals surface area contributed by atoms with Crippen molar-refractivity contribution >= 4 is 62.2 Å². The zero-order valence-corrected chi connectivity index (χ0v) is 15.2. The number of aliphatic carboxylic acids is 1. The Morgan fingerprint density at radius 1 is 1.29 bits per heavy atom. The van der Waals surface area contributed by atoms with Crippen LogP contribution in [0.1, 0.15) is 17.4 Å². The summed E-state index contributed by atoms with van der Waals surface area (Å²) in [6, 6.07) is 10.8. The summed E-state index contributed by atoms with van der Waals surface area (Å²) in [6.07, 6.45) is 1.55. The zero-order valence-electron chi connectivity index (χ0n) is 12.0. The second kappa shape index (κ2) is 6.92. The molecule has 0 bridgehead atoms. The van der Waals surface area contributed by atoms with Gasteiger partial charge in [0.15, 0.2) is 10.7 Å². The van der Waals surface area contributed by atoms with E-state index in [1.165, 1.54) is 0 Å². The summed E-state index contributed by atoms with van der Waals surface area (Å²) in [5.41, 5.74) is 0.489. The summed E-state index contributed by atoms with van der Waals surface area (Å²) >= 11 is 9.48. The highest BCUT2D eigenvalue weighted by Crippen LogP contribution is 2.38. The second-order valence-electron chi connectivity index (χ2n) is 4.85. The van der Waals surface area contributed by atoms with Crippen LogP contribution < -0.4 is 0 Å². The van der Waals surface area contributed by atoms with E-state index in [1.54, 1.807) is 48.5 Å². The van der Waals surface area contributed by atoms with Crippen molar-refractivity contribution in [3.63, 3.8) is 0 Å². The number of carbonyl (C=O) groups excluding carboxylic acids is 1. The molecule has 8 heteroatoms. The van der Waals surface area contributed by atoms with Gasteiger partial charge in [0.25, 0.3) is 5.91 Å². The standard InChI is InChI=1S/C16H10BrNO4S2/c17-12-7-6-10(22-12)8-11-14(19)18(16(23)24-11)13(15(20)21)9-4-2-1-3-5-9/h1-8,13H,(H,20,21)/b11-8+/t13-/m0/s1. The lowest BCUT2D eigenvalue weighted by Gasteiger charge is -2.23. The van der Waals surface area contributed by atoms with Crippen LogP contribution in [-0.2, 0) is 9.59 Å². The Kier molecular flexibility index (Phi) is 4.88. The third-order valence-electron chi connectivity index (χ3n) is 3.30. The maximum Gasteiger partial charge on any atom is 0.331 e. The third-order valence-corrected chi connectivity index (χ3v) is 5.05. The molecular weight excluding hydrogens is 414 g/mol. The molecule has 1 N–H and O–H groups in total. The van der Waals surface area contributed by atoms with Gasteiger partial charge in [-0.2, -0.15) is 0 Å². The van der Waals surface area contributed by atoms with Gasteiger partial charge in [0.05, 0.1) is 4.91 Å². The lowest BCUT2D eigenvalue weighted by molar-refractivity contribution is -0.145. The number of benzene rings is 1. The Bertz CT molecular complexity index is 847. The van der Waals surface area contributed by atoms with Gasteiger partial charge in [-0.25, -0.2) is 4.79 Å². The van der Waals surface area contributed by atoms with Gasteiger partial charge in [-0.1, -0.05) is 54.3 Å². The SMILES string of the molecule is O=C(O)[C@H](c1ccccc1)N1C(=O)/C(=C\c2ccc(Br)o2)SC1=S. The van der Waals surface area contributed by atoms with E-state index < -0.39 is 17.9 Å². The molecule has 0 aliphatic carbocycles. The fraction of sp³-hybridized carbons (Fsp3) is 0.0625. The molecule has 24 heavy (non-hydrogen) atoms. The monoisotopic (exact) mass is 423 g/mol. The van der Waals surface area contributed by atoms with Crippen LogP contribution in [0.5, 0.6) is 0 Å². The molecule has 5 nitrogen and oxygen atoms in total. The molecular formula is C16H10BrNO4S2. The molecule has 122 valence electrons. The number of carboxylic acid groups (broad SMARTS) is 1. The number of nitrogens with zero attached hydrogens (tertiary/aromatic N) is 1. The van der Waals surface area contributed by atoms with E-state index in [4.69, 9.17) is 16.6 Å². The van der Waals surface area contributed by atoms with E-state index in [9.17, 15) is 14.7 Å². The van der Waals surface area contributed by atoms with Gasteiger partial charge in [-0.05, 0) is 33.6 Å². The van der Waals surface area contributed by atoms with Gasteiger partial charge in [0.1, 0.15) is 10.1 Å². The third kappa shape index (κ3) is 3.31. The topological polar surface area (TPSA) is 70.8 Å². The Morgan fingerprint density at radius 3 is 2.58 bits per heavy atom. The summed E-state index contributed by atoms with van der Waals surface area (Å²) in [5.74, 6) is -1.11. The minimum atomic E-state index is -1.16. The molecule has 1 saturated heterocycles. The van der Waals surface area contributed by atoms with Crippen molar-refractivity contribution in [1.29, 1.82) is 0 Å². The van der Waals surface area contributed by atoms with Crippen LogP contribution in [0.4, 0.5) is 0 Å². The molecule has 0 unspecified atom stereocenters. The van der Waals surface area contributed by atoms with Crippen LogP contribution in [0, 0.1) is 0 Å². The number of amides is 1. The molecule has 0 saturated carbocycles. The Labute approximate surface area is 155 Å². The van der Waals surface area contributed by atoms with Crippen molar-refractivity contribution in [3.8, 4) is 0 Å². The quantitative estimate of drug-likeness (QED) is 0.590. The first-order valence-corrected chi connectivity index (χ1v) is 8.79. The number of rotatable bonds is 4. The highest BCUT2D eigenvalue weighted by Gasteiger charge is 2.41. The van der Waals surface area contributed by atoms with Gasteiger partial charge in [-0.15, -0.1) is 0 Å². The first-order valence-electron chi connectivity index (χ1n) is 6.77. The van der Waals surface area contributed by atoms with E-state index >= 15 is 0 Å². The Hall–Kier alpha value is -1.90. The lowest BCUT2D eigenvalue weighted by Crippen LogP contribution is -2.37. The number of halogens is 1. The molecule has 1 aromatic heterocycles. The highest BCUT2D eigenvalue weighted by molar-refractivity contribution is 9.10.